The summed E-state index contributed by atoms with van der Waals surface area (Å²) in [7, 11) is 0. The van der Waals surface area contributed by atoms with Crippen molar-refractivity contribution >= 4 is 49.8 Å². The molecular formula is C11H12AlIN2. The predicted octanol–water partition coefficient (Wildman–Crippen LogP) is 1.87. The monoisotopic (exact) mass is 326 g/mol. The third-order valence-electron chi connectivity index (χ3n) is 2.58. The third kappa shape index (κ3) is 1.96. The molecule has 4 heteroatoms. The molecule has 0 aliphatic heterocycles. The number of halogens is 1. The number of benzene rings is 1. The van der Waals surface area contributed by atoms with E-state index in [4.69, 9.17) is 5.73 Å². The first kappa shape index (κ1) is 11.5. The summed E-state index contributed by atoms with van der Waals surface area (Å²) in [5.41, 5.74) is 8.34. The maximum absolute atomic E-state index is 5.65. The van der Waals surface area contributed by atoms with Crippen LogP contribution in [-0.2, 0) is 11.8 Å². The first-order valence-electron chi connectivity index (χ1n) is 4.95. The molecule has 0 aliphatic carbocycles. The van der Waals surface area contributed by atoms with Crippen molar-refractivity contribution in [2.75, 3.05) is 6.54 Å². The highest BCUT2D eigenvalue weighted by Gasteiger charge is 2.12. The lowest BCUT2D eigenvalue weighted by Gasteiger charge is -2.03. The second kappa shape index (κ2) is 4.88. The number of para-hydroxylation sites is 1. The van der Waals surface area contributed by atoms with Crippen LogP contribution in [0.1, 0.15) is 5.56 Å². The SMILES string of the molecule is NCCc1c(I)n([CH2][Al])c2ccccc12. The van der Waals surface area contributed by atoms with E-state index in [1.54, 1.807) is 0 Å². The summed E-state index contributed by atoms with van der Waals surface area (Å²) < 4.78 is 3.63. The number of hydrogen-bond donors (Lipinski definition) is 1. The fourth-order valence-electron chi connectivity index (χ4n) is 1.90. The molecule has 2 rings (SSSR count). The zero-order valence-electron chi connectivity index (χ0n) is 8.41. The van der Waals surface area contributed by atoms with E-state index in [9.17, 15) is 0 Å². The van der Waals surface area contributed by atoms with Gasteiger partial charge in [0.1, 0.15) is 0 Å². The Morgan fingerprint density at radius 1 is 1.33 bits per heavy atom. The van der Waals surface area contributed by atoms with Gasteiger partial charge in [-0.15, -0.1) is 0 Å². The molecule has 0 saturated carbocycles. The molecule has 0 fully saturated rings. The molecule has 2 radical (unpaired) electrons. The Kier molecular flexibility index (Phi) is 3.73. The van der Waals surface area contributed by atoms with Crippen molar-refractivity contribution in [1.82, 2.24) is 4.57 Å². The van der Waals surface area contributed by atoms with Gasteiger partial charge in [-0.2, -0.15) is 0 Å². The van der Waals surface area contributed by atoms with E-state index in [0.29, 0.717) is 6.54 Å². The van der Waals surface area contributed by atoms with Gasteiger partial charge in [-0.25, -0.2) is 0 Å². The van der Waals surface area contributed by atoms with Crippen LogP contribution in [0, 0.1) is 3.70 Å². The standard InChI is InChI=1S/C11H12IN2.Al/c1-14-10-5-3-2-4-8(10)9(6-7-13)11(14)12;/h2-5H,1,6-7,13H2;. The van der Waals surface area contributed by atoms with E-state index in [1.807, 2.05) is 0 Å². The van der Waals surface area contributed by atoms with Crippen LogP contribution < -0.4 is 5.73 Å². The first-order chi connectivity index (χ1) is 7.29. The number of nitrogens with zero attached hydrogens (tertiary/aromatic N) is 1. The largest absolute Gasteiger partial charge is 0.352 e. The van der Waals surface area contributed by atoms with Crippen molar-refractivity contribution in [1.29, 1.82) is 0 Å². The van der Waals surface area contributed by atoms with Gasteiger partial charge in [0.05, 0.1) is 3.70 Å². The normalized spacial score (nSPS) is 11.1. The Hall–Kier alpha value is -0.0175. The number of aromatic nitrogens is 1. The maximum atomic E-state index is 5.65. The van der Waals surface area contributed by atoms with Gasteiger partial charge in [-0.1, -0.05) is 18.2 Å². The minimum atomic E-state index is 0.709. The minimum absolute atomic E-state index is 0.709. The molecule has 1 aromatic carbocycles. The van der Waals surface area contributed by atoms with E-state index < -0.39 is 0 Å². The Morgan fingerprint density at radius 2 is 2.07 bits per heavy atom. The van der Waals surface area contributed by atoms with E-state index >= 15 is 0 Å². The van der Waals surface area contributed by atoms with Crippen molar-refractivity contribution in [3.63, 3.8) is 0 Å². The van der Waals surface area contributed by atoms with Gasteiger partial charge in [0, 0.05) is 10.9 Å². The quantitative estimate of drug-likeness (QED) is 0.678. The molecule has 1 heterocycles. The molecule has 0 saturated heterocycles. The van der Waals surface area contributed by atoms with E-state index in [1.165, 1.54) is 20.2 Å². The Morgan fingerprint density at radius 3 is 2.73 bits per heavy atom. The van der Waals surface area contributed by atoms with Gasteiger partial charge in [0.2, 0.25) is 0 Å². The summed E-state index contributed by atoms with van der Waals surface area (Å²) in [5.74, 6) is 0. The van der Waals surface area contributed by atoms with Crippen LogP contribution in [0.4, 0.5) is 0 Å². The molecule has 0 spiro atoms. The van der Waals surface area contributed by atoms with Gasteiger partial charge in [0.25, 0.3) is 0 Å². The average Bonchev–Trinajstić information content (AvgIpc) is 2.53. The summed E-state index contributed by atoms with van der Waals surface area (Å²) in [6, 6.07) is 8.52. The number of fused-ring (bicyclic) bond motifs is 1. The van der Waals surface area contributed by atoms with Crippen molar-refractivity contribution in [3.05, 3.63) is 33.5 Å². The summed E-state index contributed by atoms with van der Waals surface area (Å²) >= 11 is 5.19. The number of hydrogen-bond acceptors (Lipinski definition) is 1. The number of rotatable bonds is 3. The fraction of sp³-hybridized carbons (Fsp3) is 0.273. The van der Waals surface area contributed by atoms with Crippen LogP contribution >= 0.6 is 22.6 Å². The lowest BCUT2D eigenvalue weighted by molar-refractivity contribution is 0.875. The Bertz CT molecular complexity index is 479. The minimum Gasteiger partial charge on any atom is -0.352 e. The van der Waals surface area contributed by atoms with Crippen molar-refractivity contribution in [2.45, 2.75) is 11.8 Å². The van der Waals surface area contributed by atoms with Crippen LogP contribution in [-0.4, -0.2) is 27.4 Å². The van der Waals surface area contributed by atoms with Gasteiger partial charge < -0.3 is 10.3 Å². The zero-order valence-corrected chi connectivity index (χ0v) is 11.7. The summed E-state index contributed by atoms with van der Waals surface area (Å²) in [4.78, 5) is 0. The van der Waals surface area contributed by atoms with Crippen molar-refractivity contribution in [3.8, 4) is 0 Å². The van der Waals surface area contributed by atoms with Crippen LogP contribution in [0.5, 0.6) is 0 Å². The van der Waals surface area contributed by atoms with E-state index in [0.717, 1.165) is 11.8 Å². The Labute approximate surface area is 111 Å². The van der Waals surface area contributed by atoms with Gasteiger partial charge >= 0.3 is 0 Å². The maximum Gasteiger partial charge on any atom is 0.154 e. The molecule has 1 aromatic heterocycles. The van der Waals surface area contributed by atoms with Crippen LogP contribution in [0.2, 0.25) is 0 Å². The first-order valence-corrected chi connectivity index (χ1v) is 6.85. The molecule has 76 valence electrons. The molecule has 0 bridgehead atoms. The highest BCUT2D eigenvalue weighted by atomic mass is 127. The summed E-state index contributed by atoms with van der Waals surface area (Å²) in [5, 5.41) is 2.28. The summed E-state index contributed by atoms with van der Waals surface area (Å²) in [6.07, 6.45) is 0.955. The molecule has 15 heavy (non-hydrogen) atoms. The molecule has 0 amide bonds. The molecule has 0 unspecified atom stereocenters. The average molecular weight is 326 g/mol. The molecule has 2 N–H and O–H groups in total. The van der Waals surface area contributed by atoms with Crippen LogP contribution in [0.25, 0.3) is 10.9 Å². The summed E-state index contributed by atoms with van der Waals surface area (Å²) in [6.45, 7) is 0.709. The third-order valence-corrected chi connectivity index (χ3v) is 4.18. The highest BCUT2D eigenvalue weighted by molar-refractivity contribution is 14.1. The molecule has 0 aliphatic rings. The Balaban J connectivity index is 2.72. The van der Waals surface area contributed by atoms with Gasteiger partial charge in [-0.05, 0) is 52.6 Å². The van der Waals surface area contributed by atoms with Crippen molar-refractivity contribution < 1.29 is 0 Å². The molecular weight excluding hydrogens is 314 g/mol. The van der Waals surface area contributed by atoms with Crippen LogP contribution in [0.3, 0.4) is 0 Å². The topological polar surface area (TPSA) is 30.9 Å². The smallest absolute Gasteiger partial charge is 0.154 e. The highest BCUT2D eigenvalue weighted by Crippen LogP contribution is 2.27. The molecule has 2 nitrogen and oxygen atoms in total. The second-order valence-corrected chi connectivity index (χ2v) is 4.82. The fourth-order valence-corrected chi connectivity index (χ4v) is 3.67. The second-order valence-electron chi connectivity index (χ2n) is 3.44. The van der Waals surface area contributed by atoms with Crippen molar-refractivity contribution in [2.24, 2.45) is 5.73 Å². The van der Waals surface area contributed by atoms with E-state index in [-0.39, 0.29) is 0 Å². The van der Waals surface area contributed by atoms with Gasteiger partial charge in [-0.3, -0.25) is 0 Å². The number of nitrogens with two attached hydrogens (primary N) is 1. The lowest BCUT2D eigenvalue weighted by Crippen LogP contribution is -2.05. The zero-order chi connectivity index (χ0) is 10.8. The molecule has 2 aromatic rings. The molecule has 0 atom stereocenters. The van der Waals surface area contributed by atoms with Gasteiger partial charge in [0.15, 0.2) is 16.3 Å². The van der Waals surface area contributed by atoms with Crippen LogP contribution in [0.15, 0.2) is 24.3 Å². The lowest BCUT2D eigenvalue weighted by atomic mass is 10.1. The van der Waals surface area contributed by atoms with E-state index in [2.05, 4.69) is 67.7 Å². The predicted molar refractivity (Wildman–Crippen MR) is 73.2 cm³/mol.